The predicted octanol–water partition coefficient (Wildman–Crippen LogP) is 3.58. The Kier molecular flexibility index (Phi) is 3.83. The smallest absolute Gasteiger partial charge is 0.227 e. The summed E-state index contributed by atoms with van der Waals surface area (Å²) in [7, 11) is 0. The van der Waals surface area contributed by atoms with E-state index >= 15 is 0 Å². The van der Waals surface area contributed by atoms with Crippen molar-refractivity contribution in [2.45, 2.75) is 44.9 Å². The number of carbonyl (C=O) groups is 2. The summed E-state index contributed by atoms with van der Waals surface area (Å²) in [6, 6.07) is 7.67. The molecule has 0 unspecified atom stereocenters. The van der Waals surface area contributed by atoms with Gasteiger partial charge in [0.2, 0.25) is 11.8 Å². The first-order chi connectivity index (χ1) is 11.2. The number of fused-ring (bicyclic) bond motifs is 2. The van der Waals surface area contributed by atoms with Crippen molar-refractivity contribution in [1.82, 2.24) is 0 Å². The van der Waals surface area contributed by atoms with Crippen LogP contribution in [0.1, 0.15) is 44.9 Å². The van der Waals surface area contributed by atoms with Crippen molar-refractivity contribution in [2.24, 2.45) is 17.8 Å². The summed E-state index contributed by atoms with van der Waals surface area (Å²) in [6.45, 7) is 0.779. The minimum atomic E-state index is 0.118. The number of hydrogen-bond donors (Lipinski definition) is 1. The van der Waals surface area contributed by atoms with Crippen molar-refractivity contribution >= 4 is 23.2 Å². The molecule has 0 spiro atoms. The molecule has 23 heavy (non-hydrogen) atoms. The van der Waals surface area contributed by atoms with Gasteiger partial charge in [-0.15, -0.1) is 0 Å². The van der Waals surface area contributed by atoms with Gasteiger partial charge in [0.15, 0.2) is 0 Å². The monoisotopic (exact) mass is 312 g/mol. The van der Waals surface area contributed by atoms with Crippen LogP contribution in [0.2, 0.25) is 0 Å². The van der Waals surface area contributed by atoms with Crippen molar-refractivity contribution in [3.05, 3.63) is 24.3 Å². The second kappa shape index (κ2) is 5.99. The molecule has 1 aromatic rings. The number of nitrogens with zero attached hydrogens (tertiary/aromatic N) is 1. The number of nitrogens with one attached hydrogen (secondary N) is 1. The molecule has 2 aliphatic carbocycles. The topological polar surface area (TPSA) is 49.4 Å². The zero-order valence-electron chi connectivity index (χ0n) is 13.5. The van der Waals surface area contributed by atoms with E-state index in [0.717, 1.165) is 36.2 Å². The number of benzene rings is 1. The van der Waals surface area contributed by atoms with Crippen LogP contribution in [0.4, 0.5) is 11.4 Å². The molecule has 1 aliphatic heterocycles. The van der Waals surface area contributed by atoms with E-state index in [-0.39, 0.29) is 11.8 Å². The second-order valence-electron chi connectivity index (χ2n) is 7.39. The van der Waals surface area contributed by atoms with E-state index in [9.17, 15) is 9.59 Å². The fraction of sp³-hybridized carbons (Fsp3) is 0.579. The molecule has 2 amide bonds. The number of anilines is 2. The molecule has 1 heterocycles. The van der Waals surface area contributed by atoms with Crippen molar-refractivity contribution in [1.29, 1.82) is 0 Å². The van der Waals surface area contributed by atoms with Crippen LogP contribution >= 0.6 is 0 Å². The normalized spacial score (nSPS) is 29.3. The van der Waals surface area contributed by atoms with Crippen LogP contribution in [0.25, 0.3) is 0 Å². The van der Waals surface area contributed by atoms with Gasteiger partial charge in [0, 0.05) is 30.8 Å². The van der Waals surface area contributed by atoms with Crippen molar-refractivity contribution in [3.8, 4) is 0 Å². The zero-order valence-corrected chi connectivity index (χ0v) is 13.5. The average molecular weight is 312 g/mol. The van der Waals surface area contributed by atoms with Gasteiger partial charge in [0.25, 0.3) is 0 Å². The Hall–Kier alpha value is -1.84. The van der Waals surface area contributed by atoms with Gasteiger partial charge in [-0.05, 0) is 61.6 Å². The minimum absolute atomic E-state index is 0.118. The maximum Gasteiger partial charge on any atom is 0.227 e. The number of hydrogen-bond acceptors (Lipinski definition) is 2. The Morgan fingerprint density at radius 3 is 2.87 bits per heavy atom. The van der Waals surface area contributed by atoms with E-state index in [2.05, 4.69) is 5.32 Å². The SMILES string of the molecule is O=C(C[C@@H]1C[C@@H]2CC[C@@H]1C2)Nc1cccc(N2CCCC2=O)c1. The van der Waals surface area contributed by atoms with E-state index in [4.69, 9.17) is 0 Å². The lowest BCUT2D eigenvalue weighted by molar-refractivity contribution is -0.118. The number of amides is 2. The van der Waals surface area contributed by atoms with Crippen molar-refractivity contribution in [3.63, 3.8) is 0 Å². The first-order valence-electron chi connectivity index (χ1n) is 8.89. The molecule has 3 fully saturated rings. The standard InChI is InChI=1S/C19H24N2O2/c22-18(11-15-10-13-6-7-14(15)9-13)20-16-3-1-4-17(12-16)21-8-2-5-19(21)23/h1,3-4,12-15H,2,5-11H2,(H,20,22)/t13-,14-,15+/m1/s1. The van der Waals surface area contributed by atoms with Gasteiger partial charge >= 0.3 is 0 Å². The van der Waals surface area contributed by atoms with Crippen molar-refractivity contribution < 1.29 is 9.59 Å². The van der Waals surface area contributed by atoms with Gasteiger partial charge in [-0.2, -0.15) is 0 Å². The Bertz CT molecular complexity index is 628. The van der Waals surface area contributed by atoms with Crippen LogP contribution in [-0.2, 0) is 9.59 Å². The molecule has 4 rings (SSSR count). The van der Waals surface area contributed by atoms with Gasteiger partial charge < -0.3 is 10.2 Å². The van der Waals surface area contributed by atoms with Crippen LogP contribution in [0.15, 0.2) is 24.3 Å². The van der Waals surface area contributed by atoms with Crippen molar-refractivity contribution in [2.75, 3.05) is 16.8 Å². The largest absolute Gasteiger partial charge is 0.326 e. The second-order valence-corrected chi connectivity index (χ2v) is 7.39. The van der Waals surface area contributed by atoms with Crippen LogP contribution in [0.5, 0.6) is 0 Å². The molecule has 2 saturated carbocycles. The lowest BCUT2D eigenvalue weighted by Gasteiger charge is -2.21. The summed E-state index contributed by atoms with van der Waals surface area (Å²) < 4.78 is 0. The minimum Gasteiger partial charge on any atom is -0.326 e. The van der Waals surface area contributed by atoms with Crippen LogP contribution in [-0.4, -0.2) is 18.4 Å². The lowest BCUT2D eigenvalue weighted by Crippen LogP contribution is -2.24. The van der Waals surface area contributed by atoms with E-state index in [1.54, 1.807) is 0 Å². The van der Waals surface area contributed by atoms with Gasteiger partial charge in [-0.1, -0.05) is 12.5 Å². The third-order valence-electron chi connectivity index (χ3n) is 5.85. The lowest BCUT2D eigenvalue weighted by atomic mass is 9.86. The highest BCUT2D eigenvalue weighted by molar-refractivity contribution is 5.97. The number of rotatable bonds is 4. The Morgan fingerprint density at radius 2 is 2.17 bits per heavy atom. The van der Waals surface area contributed by atoms with Gasteiger partial charge in [0.05, 0.1) is 0 Å². The highest BCUT2D eigenvalue weighted by Gasteiger charge is 2.40. The van der Waals surface area contributed by atoms with E-state index < -0.39 is 0 Å². The van der Waals surface area contributed by atoms with Gasteiger partial charge in [-0.25, -0.2) is 0 Å². The van der Waals surface area contributed by atoms with E-state index in [1.165, 1.54) is 25.7 Å². The third-order valence-corrected chi connectivity index (χ3v) is 5.85. The summed E-state index contributed by atoms with van der Waals surface area (Å²) in [6.07, 6.45) is 7.45. The van der Waals surface area contributed by atoms with E-state index in [1.807, 2.05) is 29.2 Å². The molecule has 0 radical (unpaired) electrons. The van der Waals surface area contributed by atoms with E-state index in [0.29, 0.717) is 18.8 Å². The molecular weight excluding hydrogens is 288 g/mol. The fourth-order valence-corrected chi connectivity index (χ4v) is 4.75. The molecule has 3 atom stereocenters. The Morgan fingerprint density at radius 1 is 1.26 bits per heavy atom. The van der Waals surface area contributed by atoms with Gasteiger partial charge in [0.1, 0.15) is 0 Å². The Balaban J connectivity index is 1.38. The molecule has 4 nitrogen and oxygen atoms in total. The highest BCUT2D eigenvalue weighted by Crippen LogP contribution is 2.49. The molecule has 1 aromatic carbocycles. The van der Waals surface area contributed by atoms with Crippen LogP contribution < -0.4 is 10.2 Å². The highest BCUT2D eigenvalue weighted by atomic mass is 16.2. The molecule has 3 aliphatic rings. The maximum absolute atomic E-state index is 12.4. The number of carbonyl (C=O) groups excluding carboxylic acids is 2. The van der Waals surface area contributed by atoms with Crippen LogP contribution in [0, 0.1) is 17.8 Å². The van der Waals surface area contributed by atoms with Crippen LogP contribution in [0.3, 0.4) is 0 Å². The average Bonchev–Trinajstić information content (AvgIpc) is 3.24. The summed E-state index contributed by atoms with van der Waals surface area (Å²) in [5.41, 5.74) is 1.69. The first kappa shape index (κ1) is 14.7. The predicted molar refractivity (Wildman–Crippen MR) is 90.2 cm³/mol. The molecular formula is C19H24N2O2. The summed E-state index contributed by atoms with van der Waals surface area (Å²) in [5, 5.41) is 3.03. The molecule has 0 aromatic heterocycles. The first-order valence-corrected chi connectivity index (χ1v) is 8.89. The molecule has 1 saturated heterocycles. The zero-order chi connectivity index (χ0) is 15.8. The Labute approximate surface area is 137 Å². The summed E-state index contributed by atoms with van der Waals surface area (Å²) in [5.74, 6) is 2.53. The third kappa shape index (κ3) is 2.99. The molecule has 2 bridgehead atoms. The fourth-order valence-electron chi connectivity index (χ4n) is 4.75. The molecule has 4 heteroatoms. The van der Waals surface area contributed by atoms with Gasteiger partial charge in [-0.3, -0.25) is 9.59 Å². The summed E-state index contributed by atoms with van der Waals surface area (Å²) >= 11 is 0. The molecule has 122 valence electrons. The maximum atomic E-state index is 12.4. The molecule has 1 N–H and O–H groups in total. The quantitative estimate of drug-likeness (QED) is 0.924. The summed E-state index contributed by atoms with van der Waals surface area (Å²) in [4.78, 5) is 26.0.